The number of carbonyl (C=O) groups is 2. The number of amides is 2. The quantitative estimate of drug-likeness (QED) is 0.947. The molecule has 1 aliphatic heterocycles. The lowest BCUT2D eigenvalue weighted by Crippen LogP contribution is -2.43. The van der Waals surface area contributed by atoms with Gasteiger partial charge in [-0.15, -0.1) is 0 Å². The van der Waals surface area contributed by atoms with Crippen LogP contribution in [0.25, 0.3) is 0 Å². The van der Waals surface area contributed by atoms with E-state index in [0.717, 1.165) is 17.7 Å². The van der Waals surface area contributed by atoms with Gasteiger partial charge in [0.2, 0.25) is 5.91 Å². The lowest BCUT2D eigenvalue weighted by atomic mass is 10.1. The van der Waals surface area contributed by atoms with Crippen molar-refractivity contribution in [2.45, 2.75) is 19.4 Å². The van der Waals surface area contributed by atoms with Crippen LogP contribution in [-0.4, -0.2) is 24.4 Å². The maximum Gasteiger partial charge on any atom is 0.251 e. The molecule has 0 spiro atoms. The van der Waals surface area contributed by atoms with Crippen LogP contribution in [0.5, 0.6) is 0 Å². The first kappa shape index (κ1) is 15.2. The van der Waals surface area contributed by atoms with Gasteiger partial charge in [-0.25, -0.2) is 4.39 Å². The molecule has 1 aliphatic rings. The van der Waals surface area contributed by atoms with E-state index >= 15 is 0 Å². The number of halogens is 1. The Labute approximate surface area is 133 Å². The molecular formula is C18H17FN2O2. The van der Waals surface area contributed by atoms with Crippen LogP contribution in [0.2, 0.25) is 0 Å². The highest BCUT2D eigenvalue weighted by molar-refractivity contribution is 6.01. The summed E-state index contributed by atoms with van der Waals surface area (Å²) >= 11 is 0. The van der Waals surface area contributed by atoms with Crippen molar-refractivity contribution >= 4 is 17.5 Å². The topological polar surface area (TPSA) is 49.4 Å². The Kier molecular flexibility index (Phi) is 4.10. The molecule has 1 heterocycles. The smallest absolute Gasteiger partial charge is 0.251 e. The first-order valence-corrected chi connectivity index (χ1v) is 7.50. The maximum absolute atomic E-state index is 12.9. The largest absolute Gasteiger partial charge is 0.343 e. The molecule has 1 unspecified atom stereocenters. The highest BCUT2D eigenvalue weighted by atomic mass is 19.1. The highest BCUT2D eigenvalue weighted by Crippen LogP contribution is 2.31. The third-order valence-electron chi connectivity index (χ3n) is 3.98. The number of para-hydroxylation sites is 1. The normalized spacial score (nSPS) is 16.1. The Morgan fingerprint density at radius 3 is 2.61 bits per heavy atom. The summed E-state index contributed by atoms with van der Waals surface area (Å²) in [5.41, 5.74) is 2.37. The summed E-state index contributed by atoms with van der Waals surface area (Å²) in [5, 5.41) is 2.59. The molecule has 2 amide bonds. The zero-order valence-corrected chi connectivity index (χ0v) is 12.8. The molecule has 4 nitrogen and oxygen atoms in total. The number of benzene rings is 2. The van der Waals surface area contributed by atoms with E-state index in [0.29, 0.717) is 5.56 Å². The minimum Gasteiger partial charge on any atom is -0.343 e. The Morgan fingerprint density at radius 2 is 1.87 bits per heavy atom. The van der Waals surface area contributed by atoms with Crippen molar-refractivity contribution in [1.82, 2.24) is 5.32 Å². The average Bonchev–Trinajstić information content (AvgIpc) is 2.88. The molecule has 23 heavy (non-hydrogen) atoms. The van der Waals surface area contributed by atoms with Gasteiger partial charge in [-0.2, -0.15) is 0 Å². The van der Waals surface area contributed by atoms with Crippen molar-refractivity contribution in [2.75, 3.05) is 11.4 Å². The fourth-order valence-electron chi connectivity index (χ4n) is 2.89. The maximum atomic E-state index is 12.9. The van der Waals surface area contributed by atoms with Crippen molar-refractivity contribution < 1.29 is 14.0 Å². The van der Waals surface area contributed by atoms with Gasteiger partial charge in [0.05, 0.1) is 6.54 Å². The van der Waals surface area contributed by atoms with Crippen LogP contribution in [-0.2, 0) is 11.2 Å². The first-order chi connectivity index (χ1) is 11.1. The van der Waals surface area contributed by atoms with Crippen LogP contribution in [0.3, 0.4) is 0 Å². The molecule has 0 aliphatic carbocycles. The number of rotatable bonds is 3. The van der Waals surface area contributed by atoms with Gasteiger partial charge < -0.3 is 10.2 Å². The molecule has 118 valence electrons. The summed E-state index contributed by atoms with van der Waals surface area (Å²) in [6.07, 6.45) is 0.813. The van der Waals surface area contributed by atoms with Crippen LogP contribution in [0.15, 0.2) is 48.5 Å². The minimum absolute atomic E-state index is 0.0719. The van der Waals surface area contributed by atoms with Gasteiger partial charge in [0.1, 0.15) is 5.82 Å². The Bertz CT molecular complexity index is 743. The number of nitrogens with zero attached hydrogens (tertiary/aromatic N) is 1. The predicted octanol–water partition coefficient (Wildman–Crippen LogP) is 2.53. The van der Waals surface area contributed by atoms with Crippen LogP contribution >= 0.6 is 0 Å². The summed E-state index contributed by atoms with van der Waals surface area (Å²) in [4.78, 5) is 26.2. The number of hydrogen-bond donors (Lipinski definition) is 1. The summed E-state index contributed by atoms with van der Waals surface area (Å²) in [7, 11) is 0. The Balaban J connectivity index is 1.66. The second kappa shape index (κ2) is 6.20. The molecule has 1 atom stereocenters. The molecule has 0 fully saturated rings. The summed E-state index contributed by atoms with van der Waals surface area (Å²) in [6, 6.07) is 13.1. The van der Waals surface area contributed by atoms with Crippen molar-refractivity contribution in [3.63, 3.8) is 0 Å². The van der Waals surface area contributed by atoms with Crippen LogP contribution in [0.4, 0.5) is 10.1 Å². The van der Waals surface area contributed by atoms with Crippen molar-refractivity contribution in [2.24, 2.45) is 0 Å². The second-order valence-electron chi connectivity index (χ2n) is 5.64. The highest BCUT2D eigenvalue weighted by Gasteiger charge is 2.30. The monoisotopic (exact) mass is 312 g/mol. The number of anilines is 1. The van der Waals surface area contributed by atoms with Crippen molar-refractivity contribution in [3.05, 3.63) is 65.5 Å². The molecule has 0 saturated carbocycles. The summed E-state index contributed by atoms with van der Waals surface area (Å²) < 4.78 is 12.9. The summed E-state index contributed by atoms with van der Waals surface area (Å²) in [5.74, 6) is -0.948. The zero-order chi connectivity index (χ0) is 16.4. The number of nitrogens with one attached hydrogen (secondary N) is 1. The molecule has 0 radical (unpaired) electrons. The number of hydrogen-bond acceptors (Lipinski definition) is 2. The van der Waals surface area contributed by atoms with Gasteiger partial charge in [-0.1, -0.05) is 18.2 Å². The van der Waals surface area contributed by atoms with E-state index in [-0.39, 0.29) is 18.5 Å². The number of carbonyl (C=O) groups excluding carboxylic acids is 2. The Hall–Kier alpha value is -2.69. The van der Waals surface area contributed by atoms with Gasteiger partial charge in [0.15, 0.2) is 0 Å². The molecule has 2 aromatic rings. The zero-order valence-electron chi connectivity index (χ0n) is 12.8. The van der Waals surface area contributed by atoms with E-state index in [9.17, 15) is 14.0 Å². The van der Waals surface area contributed by atoms with Crippen LogP contribution in [0, 0.1) is 5.82 Å². The predicted molar refractivity (Wildman–Crippen MR) is 85.8 cm³/mol. The van der Waals surface area contributed by atoms with Gasteiger partial charge in [0, 0.05) is 17.3 Å². The SMILES string of the molecule is CC1Cc2ccccc2N1C(=O)CNC(=O)c1ccc(F)cc1. The van der Waals surface area contributed by atoms with Gasteiger partial charge in [0.25, 0.3) is 5.91 Å². The third-order valence-corrected chi connectivity index (χ3v) is 3.98. The average molecular weight is 312 g/mol. The molecule has 0 bridgehead atoms. The van der Waals surface area contributed by atoms with Crippen LogP contribution in [0.1, 0.15) is 22.8 Å². The van der Waals surface area contributed by atoms with E-state index in [2.05, 4.69) is 5.32 Å². The third kappa shape index (κ3) is 3.08. The standard InChI is InChI=1S/C18H17FN2O2/c1-12-10-14-4-2-3-5-16(14)21(12)17(22)11-20-18(23)13-6-8-15(19)9-7-13/h2-9,12H,10-11H2,1H3,(H,20,23). The van der Waals surface area contributed by atoms with Gasteiger partial charge in [-0.05, 0) is 49.2 Å². The van der Waals surface area contributed by atoms with Gasteiger partial charge >= 0.3 is 0 Å². The lowest BCUT2D eigenvalue weighted by molar-refractivity contribution is -0.118. The number of fused-ring (bicyclic) bond motifs is 1. The van der Waals surface area contributed by atoms with Crippen molar-refractivity contribution in [1.29, 1.82) is 0 Å². The molecular weight excluding hydrogens is 295 g/mol. The molecule has 0 aromatic heterocycles. The summed E-state index contributed by atoms with van der Waals surface area (Å²) in [6.45, 7) is 1.90. The molecule has 3 rings (SSSR count). The van der Waals surface area contributed by atoms with Crippen LogP contribution < -0.4 is 10.2 Å². The van der Waals surface area contributed by atoms with Crippen molar-refractivity contribution in [3.8, 4) is 0 Å². The minimum atomic E-state index is -0.403. The Morgan fingerprint density at radius 1 is 1.17 bits per heavy atom. The first-order valence-electron chi connectivity index (χ1n) is 7.50. The lowest BCUT2D eigenvalue weighted by Gasteiger charge is -2.22. The van der Waals surface area contributed by atoms with E-state index in [4.69, 9.17) is 0 Å². The molecule has 0 saturated heterocycles. The molecule has 5 heteroatoms. The van der Waals surface area contributed by atoms with E-state index in [1.165, 1.54) is 24.3 Å². The van der Waals surface area contributed by atoms with Gasteiger partial charge in [-0.3, -0.25) is 9.59 Å². The van der Waals surface area contributed by atoms with E-state index < -0.39 is 11.7 Å². The fraction of sp³-hybridized carbons (Fsp3) is 0.222. The van der Waals surface area contributed by atoms with E-state index in [1.54, 1.807) is 4.90 Å². The van der Waals surface area contributed by atoms with E-state index in [1.807, 2.05) is 31.2 Å². The molecule has 2 aromatic carbocycles. The second-order valence-corrected chi connectivity index (χ2v) is 5.64. The molecule has 1 N–H and O–H groups in total. The fourth-order valence-corrected chi connectivity index (χ4v) is 2.89.